The summed E-state index contributed by atoms with van der Waals surface area (Å²) in [6.07, 6.45) is 3.46. The van der Waals surface area contributed by atoms with Crippen LogP contribution in [0.5, 0.6) is 0 Å². The Labute approximate surface area is 127 Å². The predicted molar refractivity (Wildman–Crippen MR) is 87.9 cm³/mol. The number of aryl methyl sites for hydroxylation is 3. The highest BCUT2D eigenvalue weighted by atomic mass is 15.2. The lowest BCUT2D eigenvalue weighted by Gasteiger charge is -2.32. The first-order chi connectivity index (χ1) is 10.2. The van der Waals surface area contributed by atoms with Gasteiger partial charge in [0, 0.05) is 6.04 Å². The monoisotopic (exact) mass is 280 g/mol. The first-order valence-corrected chi connectivity index (χ1v) is 7.79. The Balaban J connectivity index is 1.88. The number of rotatable bonds is 3. The molecule has 2 aromatic carbocycles. The van der Waals surface area contributed by atoms with Crippen LogP contribution in [-0.2, 0) is 12.8 Å². The van der Waals surface area contributed by atoms with Gasteiger partial charge in [0.05, 0.1) is 0 Å². The maximum absolute atomic E-state index is 5.91. The number of nitrogens with one attached hydrogen (secondary N) is 1. The quantitative estimate of drug-likeness (QED) is 0.666. The molecule has 110 valence electrons. The molecule has 0 saturated heterocycles. The van der Waals surface area contributed by atoms with Gasteiger partial charge in [-0.25, -0.2) is 0 Å². The third kappa shape index (κ3) is 2.87. The number of nitrogens with two attached hydrogens (primary N) is 1. The van der Waals surface area contributed by atoms with Gasteiger partial charge in [-0.1, -0.05) is 48.0 Å². The zero-order chi connectivity index (χ0) is 14.8. The zero-order valence-corrected chi connectivity index (χ0v) is 12.9. The standard InChI is InChI=1S/C19H24N2/c1-13-7-10-18(14(2)11-13)19(21-20)17-9-8-15-5-3-4-6-16(15)12-17/h3-7,10-11,17,19,21H,8-9,12,20H2,1-2H3. The Kier molecular flexibility index (Phi) is 4.09. The largest absolute Gasteiger partial charge is 0.271 e. The Morgan fingerprint density at radius 3 is 2.57 bits per heavy atom. The van der Waals surface area contributed by atoms with E-state index < -0.39 is 0 Å². The fraction of sp³-hybridized carbons (Fsp3) is 0.368. The van der Waals surface area contributed by atoms with Gasteiger partial charge in [0.25, 0.3) is 0 Å². The van der Waals surface area contributed by atoms with E-state index in [9.17, 15) is 0 Å². The van der Waals surface area contributed by atoms with Crippen LogP contribution in [0.15, 0.2) is 42.5 Å². The molecule has 2 nitrogen and oxygen atoms in total. The topological polar surface area (TPSA) is 38.0 Å². The van der Waals surface area contributed by atoms with Crippen molar-refractivity contribution in [2.75, 3.05) is 0 Å². The molecule has 21 heavy (non-hydrogen) atoms. The first kappa shape index (κ1) is 14.3. The smallest absolute Gasteiger partial charge is 0.0494 e. The molecular formula is C19H24N2. The molecule has 0 fully saturated rings. The third-order valence-corrected chi connectivity index (χ3v) is 4.80. The number of hydrogen-bond acceptors (Lipinski definition) is 2. The molecule has 0 aromatic heterocycles. The molecule has 0 saturated carbocycles. The van der Waals surface area contributed by atoms with Gasteiger partial charge >= 0.3 is 0 Å². The fourth-order valence-electron chi connectivity index (χ4n) is 3.66. The second-order valence-electron chi connectivity index (χ2n) is 6.28. The van der Waals surface area contributed by atoms with Gasteiger partial charge in [0.15, 0.2) is 0 Å². The normalized spacial score (nSPS) is 19.1. The Morgan fingerprint density at radius 2 is 1.86 bits per heavy atom. The van der Waals surface area contributed by atoms with Gasteiger partial charge in [0.1, 0.15) is 0 Å². The third-order valence-electron chi connectivity index (χ3n) is 4.80. The van der Waals surface area contributed by atoms with Crippen LogP contribution in [-0.4, -0.2) is 0 Å². The molecule has 0 spiro atoms. The van der Waals surface area contributed by atoms with E-state index in [2.05, 4.69) is 61.7 Å². The average Bonchev–Trinajstić information content (AvgIpc) is 2.50. The van der Waals surface area contributed by atoms with Crippen molar-refractivity contribution in [2.45, 2.75) is 39.2 Å². The molecule has 3 N–H and O–H groups in total. The van der Waals surface area contributed by atoms with Crippen LogP contribution >= 0.6 is 0 Å². The van der Waals surface area contributed by atoms with Crippen molar-refractivity contribution in [3.8, 4) is 0 Å². The zero-order valence-electron chi connectivity index (χ0n) is 12.9. The molecular weight excluding hydrogens is 256 g/mol. The fourth-order valence-corrected chi connectivity index (χ4v) is 3.66. The average molecular weight is 280 g/mol. The second kappa shape index (κ2) is 6.00. The van der Waals surface area contributed by atoms with Gasteiger partial charge in [-0.05, 0) is 61.3 Å². The highest BCUT2D eigenvalue weighted by Gasteiger charge is 2.27. The van der Waals surface area contributed by atoms with Gasteiger partial charge < -0.3 is 0 Å². The number of fused-ring (bicyclic) bond motifs is 1. The van der Waals surface area contributed by atoms with E-state index in [4.69, 9.17) is 5.84 Å². The van der Waals surface area contributed by atoms with Crippen LogP contribution in [0.2, 0.25) is 0 Å². The van der Waals surface area contributed by atoms with Gasteiger partial charge in [-0.3, -0.25) is 11.3 Å². The molecule has 1 aliphatic carbocycles. The molecule has 0 aliphatic heterocycles. The van der Waals surface area contributed by atoms with Crippen molar-refractivity contribution in [2.24, 2.45) is 11.8 Å². The van der Waals surface area contributed by atoms with Crippen molar-refractivity contribution in [3.63, 3.8) is 0 Å². The van der Waals surface area contributed by atoms with Crippen molar-refractivity contribution in [1.82, 2.24) is 5.43 Å². The van der Waals surface area contributed by atoms with Crippen molar-refractivity contribution in [3.05, 3.63) is 70.3 Å². The van der Waals surface area contributed by atoms with Gasteiger partial charge in [-0.2, -0.15) is 0 Å². The van der Waals surface area contributed by atoms with Crippen LogP contribution in [0.4, 0.5) is 0 Å². The SMILES string of the molecule is Cc1ccc(C(NN)C2CCc3ccccc3C2)c(C)c1. The summed E-state index contributed by atoms with van der Waals surface area (Å²) in [5.41, 5.74) is 10.0. The number of benzene rings is 2. The van der Waals surface area contributed by atoms with Crippen LogP contribution in [0, 0.1) is 19.8 Å². The Hall–Kier alpha value is -1.64. The lowest BCUT2D eigenvalue weighted by atomic mass is 9.77. The summed E-state index contributed by atoms with van der Waals surface area (Å²) in [6.45, 7) is 4.32. The van der Waals surface area contributed by atoms with Crippen LogP contribution < -0.4 is 11.3 Å². The molecule has 0 bridgehead atoms. The van der Waals surface area contributed by atoms with Gasteiger partial charge in [-0.15, -0.1) is 0 Å². The Morgan fingerprint density at radius 1 is 1.10 bits per heavy atom. The minimum absolute atomic E-state index is 0.235. The van der Waals surface area contributed by atoms with E-state index >= 15 is 0 Å². The molecule has 0 radical (unpaired) electrons. The summed E-state index contributed by atoms with van der Waals surface area (Å²) < 4.78 is 0. The summed E-state index contributed by atoms with van der Waals surface area (Å²) in [5.74, 6) is 6.47. The summed E-state index contributed by atoms with van der Waals surface area (Å²) >= 11 is 0. The van der Waals surface area contributed by atoms with Crippen LogP contribution in [0.1, 0.15) is 40.3 Å². The summed E-state index contributed by atoms with van der Waals surface area (Å²) in [7, 11) is 0. The highest BCUT2D eigenvalue weighted by molar-refractivity contribution is 5.35. The van der Waals surface area contributed by atoms with Crippen molar-refractivity contribution in [1.29, 1.82) is 0 Å². The van der Waals surface area contributed by atoms with E-state index in [1.165, 1.54) is 34.2 Å². The van der Waals surface area contributed by atoms with Crippen molar-refractivity contribution >= 4 is 0 Å². The highest BCUT2D eigenvalue weighted by Crippen LogP contribution is 2.35. The van der Waals surface area contributed by atoms with Gasteiger partial charge in [0.2, 0.25) is 0 Å². The van der Waals surface area contributed by atoms with E-state index in [0.29, 0.717) is 5.92 Å². The number of hydrazine groups is 1. The maximum Gasteiger partial charge on any atom is 0.0494 e. The minimum Gasteiger partial charge on any atom is -0.271 e. The predicted octanol–water partition coefficient (Wildman–Crippen LogP) is 3.61. The molecule has 0 amide bonds. The van der Waals surface area contributed by atoms with E-state index in [1.807, 2.05) is 0 Å². The summed E-state index contributed by atoms with van der Waals surface area (Å²) in [6, 6.07) is 15.7. The second-order valence-corrected chi connectivity index (χ2v) is 6.28. The lowest BCUT2D eigenvalue weighted by Crippen LogP contribution is -2.36. The Bertz CT molecular complexity index is 633. The summed E-state index contributed by atoms with van der Waals surface area (Å²) in [5, 5.41) is 0. The molecule has 2 aromatic rings. The minimum atomic E-state index is 0.235. The van der Waals surface area contributed by atoms with E-state index in [1.54, 1.807) is 0 Å². The molecule has 2 unspecified atom stereocenters. The first-order valence-electron chi connectivity index (χ1n) is 7.79. The maximum atomic E-state index is 5.91. The van der Waals surface area contributed by atoms with E-state index in [0.717, 1.165) is 12.8 Å². The summed E-state index contributed by atoms with van der Waals surface area (Å²) in [4.78, 5) is 0. The lowest BCUT2D eigenvalue weighted by molar-refractivity contribution is 0.328. The molecule has 0 heterocycles. The molecule has 2 atom stereocenters. The van der Waals surface area contributed by atoms with Crippen molar-refractivity contribution < 1.29 is 0 Å². The van der Waals surface area contributed by atoms with Crippen LogP contribution in [0.25, 0.3) is 0 Å². The van der Waals surface area contributed by atoms with Crippen LogP contribution in [0.3, 0.4) is 0 Å². The molecule has 3 rings (SSSR count). The molecule has 2 heteroatoms. The van der Waals surface area contributed by atoms with E-state index in [-0.39, 0.29) is 6.04 Å². The number of hydrogen-bond donors (Lipinski definition) is 2. The molecule has 1 aliphatic rings.